The Balaban J connectivity index is 1.76. The number of para-hydroxylation sites is 2. The van der Waals surface area contributed by atoms with Crippen molar-refractivity contribution in [3.63, 3.8) is 0 Å². The lowest BCUT2D eigenvalue weighted by atomic mass is 10.1. The third-order valence-corrected chi connectivity index (χ3v) is 3.90. The summed E-state index contributed by atoms with van der Waals surface area (Å²) in [7, 11) is 0. The number of hydrogen-bond donors (Lipinski definition) is 2. The molecular weight excluding hydrogens is 288 g/mol. The molecular formula is C18H18N4O. The molecule has 1 aliphatic heterocycles. The fourth-order valence-corrected chi connectivity index (χ4v) is 2.79. The van der Waals surface area contributed by atoms with Crippen molar-refractivity contribution in [2.45, 2.75) is 6.10 Å². The summed E-state index contributed by atoms with van der Waals surface area (Å²) in [5.74, 6) is 0.596. The number of nitrogens with one attached hydrogen (secondary N) is 2. The molecule has 0 saturated carbocycles. The lowest BCUT2D eigenvalue weighted by Gasteiger charge is -2.24. The predicted octanol–water partition coefficient (Wildman–Crippen LogP) is 3.03. The Labute approximate surface area is 134 Å². The highest BCUT2D eigenvalue weighted by atomic mass is 16.5. The molecule has 2 heterocycles. The Morgan fingerprint density at radius 1 is 1.00 bits per heavy atom. The number of nitrogens with zero attached hydrogens (tertiary/aromatic N) is 2. The molecule has 5 nitrogen and oxygen atoms in total. The van der Waals surface area contributed by atoms with Crippen molar-refractivity contribution in [3.8, 4) is 0 Å². The van der Waals surface area contributed by atoms with Gasteiger partial charge in [-0.1, -0.05) is 36.4 Å². The van der Waals surface area contributed by atoms with E-state index in [0.717, 1.165) is 35.4 Å². The lowest BCUT2D eigenvalue weighted by Crippen LogP contribution is -2.34. The van der Waals surface area contributed by atoms with Crippen LogP contribution in [0.3, 0.4) is 0 Å². The smallest absolute Gasteiger partial charge is 0.228 e. The summed E-state index contributed by atoms with van der Waals surface area (Å²) >= 11 is 0. The first-order valence-electron chi connectivity index (χ1n) is 7.81. The van der Waals surface area contributed by atoms with E-state index in [4.69, 9.17) is 9.72 Å². The number of anilines is 2. The third kappa shape index (κ3) is 3.02. The molecule has 0 radical (unpaired) electrons. The van der Waals surface area contributed by atoms with Crippen molar-refractivity contribution in [2.75, 3.05) is 25.0 Å². The standard InChI is InChI=1S/C18H18N4O/c1-2-6-13(7-3-1)20-18-21-15-9-5-4-8-14(15)17(22-18)16-12-19-10-11-23-16/h1-9,16,19H,10-12H2,(H,20,21,22). The molecule has 5 heteroatoms. The number of morpholine rings is 1. The first-order valence-corrected chi connectivity index (χ1v) is 7.81. The minimum atomic E-state index is -0.0482. The van der Waals surface area contributed by atoms with Gasteiger partial charge in [0.05, 0.1) is 17.8 Å². The first-order chi connectivity index (χ1) is 11.4. The largest absolute Gasteiger partial charge is 0.369 e. The van der Waals surface area contributed by atoms with Gasteiger partial charge in [-0.3, -0.25) is 0 Å². The van der Waals surface area contributed by atoms with Crippen molar-refractivity contribution >= 4 is 22.5 Å². The normalized spacial score (nSPS) is 18.0. The molecule has 0 amide bonds. The molecule has 1 unspecified atom stereocenters. The zero-order valence-electron chi connectivity index (χ0n) is 12.7. The van der Waals surface area contributed by atoms with Crippen LogP contribution in [0.25, 0.3) is 10.9 Å². The molecule has 1 atom stereocenters. The summed E-state index contributed by atoms with van der Waals surface area (Å²) in [4.78, 5) is 9.36. The van der Waals surface area contributed by atoms with Crippen LogP contribution in [0, 0.1) is 0 Å². The summed E-state index contributed by atoms with van der Waals surface area (Å²) < 4.78 is 5.90. The quantitative estimate of drug-likeness (QED) is 0.779. The zero-order chi connectivity index (χ0) is 15.5. The highest BCUT2D eigenvalue weighted by Gasteiger charge is 2.21. The van der Waals surface area contributed by atoms with Crippen LogP contribution < -0.4 is 10.6 Å². The number of ether oxygens (including phenoxy) is 1. The number of benzene rings is 2. The minimum Gasteiger partial charge on any atom is -0.369 e. The van der Waals surface area contributed by atoms with Gasteiger partial charge in [0.15, 0.2) is 0 Å². The maximum atomic E-state index is 5.90. The van der Waals surface area contributed by atoms with Gasteiger partial charge >= 0.3 is 0 Å². The highest BCUT2D eigenvalue weighted by Crippen LogP contribution is 2.27. The number of fused-ring (bicyclic) bond motifs is 1. The summed E-state index contributed by atoms with van der Waals surface area (Å²) in [6.07, 6.45) is -0.0482. The molecule has 0 aliphatic carbocycles. The Bertz CT molecular complexity index is 800. The topological polar surface area (TPSA) is 59.1 Å². The van der Waals surface area contributed by atoms with Gasteiger partial charge < -0.3 is 15.4 Å². The maximum absolute atomic E-state index is 5.90. The molecule has 0 spiro atoms. The predicted molar refractivity (Wildman–Crippen MR) is 90.8 cm³/mol. The van der Waals surface area contributed by atoms with Crippen LogP contribution >= 0.6 is 0 Å². The van der Waals surface area contributed by atoms with Crippen molar-refractivity contribution < 1.29 is 4.74 Å². The van der Waals surface area contributed by atoms with Crippen molar-refractivity contribution in [1.29, 1.82) is 0 Å². The fraction of sp³-hybridized carbons (Fsp3) is 0.222. The van der Waals surface area contributed by atoms with Crippen LogP contribution in [-0.2, 0) is 4.74 Å². The Kier molecular flexibility index (Phi) is 3.88. The molecule has 3 aromatic rings. The van der Waals surface area contributed by atoms with Gasteiger partial charge in [0.1, 0.15) is 6.10 Å². The van der Waals surface area contributed by atoms with E-state index in [1.165, 1.54) is 0 Å². The van der Waals surface area contributed by atoms with Gasteiger partial charge in [-0.2, -0.15) is 0 Å². The molecule has 1 saturated heterocycles. The second-order valence-corrected chi connectivity index (χ2v) is 5.50. The van der Waals surface area contributed by atoms with E-state index in [9.17, 15) is 0 Å². The summed E-state index contributed by atoms with van der Waals surface area (Å²) in [5, 5.41) is 7.68. The Morgan fingerprint density at radius 2 is 1.83 bits per heavy atom. The zero-order valence-corrected chi connectivity index (χ0v) is 12.7. The van der Waals surface area contributed by atoms with Gasteiger partial charge in [-0.15, -0.1) is 0 Å². The molecule has 0 bridgehead atoms. The van der Waals surface area contributed by atoms with Gasteiger partial charge in [0.2, 0.25) is 5.95 Å². The summed E-state index contributed by atoms with van der Waals surface area (Å²) in [6.45, 7) is 2.35. The minimum absolute atomic E-state index is 0.0482. The monoisotopic (exact) mass is 306 g/mol. The molecule has 1 fully saturated rings. The van der Waals surface area contributed by atoms with E-state index < -0.39 is 0 Å². The molecule has 1 aromatic heterocycles. The van der Waals surface area contributed by atoms with E-state index in [1.807, 2.05) is 48.5 Å². The average molecular weight is 306 g/mol. The van der Waals surface area contributed by atoms with Crippen LogP contribution in [0.4, 0.5) is 11.6 Å². The van der Waals surface area contributed by atoms with E-state index in [2.05, 4.69) is 21.7 Å². The molecule has 4 rings (SSSR count). The second-order valence-electron chi connectivity index (χ2n) is 5.50. The summed E-state index contributed by atoms with van der Waals surface area (Å²) in [5.41, 5.74) is 2.82. The molecule has 23 heavy (non-hydrogen) atoms. The van der Waals surface area contributed by atoms with Crippen LogP contribution in [0.15, 0.2) is 54.6 Å². The van der Waals surface area contributed by atoms with Gasteiger partial charge in [0.25, 0.3) is 0 Å². The Morgan fingerprint density at radius 3 is 2.65 bits per heavy atom. The maximum Gasteiger partial charge on any atom is 0.228 e. The molecule has 1 aliphatic rings. The average Bonchev–Trinajstić information content (AvgIpc) is 2.63. The van der Waals surface area contributed by atoms with Crippen LogP contribution in [0.1, 0.15) is 11.8 Å². The van der Waals surface area contributed by atoms with Gasteiger partial charge in [-0.05, 0) is 18.2 Å². The van der Waals surface area contributed by atoms with E-state index in [-0.39, 0.29) is 6.10 Å². The van der Waals surface area contributed by atoms with Crippen LogP contribution in [0.2, 0.25) is 0 Å². The number of aromatic nitrogens is 2. The van der Waals surface area contributed by atoms with E-state index >= 15 is 0 Å². The van der Waals surface area contributed by atoms with Crippen molar-refractivity contribution in [3.05, 3.63) is 60.3 Å². The number of rotatable bonds is 3. The third-order valence-electron chi connectivity index (χ3n) is 3.90. The Hall–Kier alpha value is -2.50. The molecule has 2 N–H and O–H groups in total. The van der Waals surface area contributed by atoms with E-state index in [0.29, 0.717) is 12.6 Å². The van der Waals surface area contributed by atoms with Gasteiger partial charge in [-0.25, -0.2) is 9.97 Å². The summed E-state index contributed by atoms with van der Waals surface area (Å²) in [6, 6.07) is 18.0. The number of hydrogen-bond acceptors (Lipinski definition) is 5. The lowest BCUT2D eigenvalue weighted by molar-refractivity contribution is 0.0260. The van der Waals surface area contributed by atoms with Crippen molar-refractivity contribution in [2.24, 2.45) is 0 Å². The van der Waals surface area contributed by atoms with E-state index in [1.54, 1.807) is 0 Å². The first kappa shape index (κ1) is 14.1. The van der Waals surface area contributed by atoms with Crippen LogP contribution in [0.5, 0.6) is 0 Å². The van der Waals surface area contributed by atoms with Crippen molar-refractivity contribution in [1.82, 2.24) is 15.3 Å². The fourth-order valence-electron chi connectivity index (χ4n) is 2.79. The molecule has 2 aromatic carbocycles. The SMILES string of the molecule is c1ccc(Nc2nc(C3CNCCO3)c3ccccc3n2)cc1. The van der Waals surface area contributed by atoms with Gasteiger partial charge in [0, 0.05) is 24.2 Å². The van der Waals surface area contributed by atoms with Crippen LogP contribution in [-0.4, -0.2) is 29.7 Å². The second kappa shape index (κ2) is 6.32. The molecule has 116 valence electrons. The highest BCUT2D eigenvalue weighted by molar-refractivity contribution is 5.82.